The van der Waals surface area contributed by atoms with E-state index in [0.29, 0.717) is 6.04 Å². The van der Waals surface area contributed by atoms with Gasteiger partial charge in [0.2, 0.25) is 0 Å². The first kappa shape index (κ1) is 8.97. The fourth-order valence-electron chi connectivity index (χ4n) is 1.66. The number of hydrogen-bond acceptors (Lipinski definition) is 3. The van der Waals surface area contributed by atoms with Crippen molar-refractivity contribution in [3.05, 3.63) is 0 Å². The van der Waals surface area contributed by atoms with E-state index in [1.165, 1.54) is 0 Å². The number of hydrogen-bond donors (Lipinski definition) is 2. The molecule has 1 aliphatic rings. The molecule has 0 radical (unpaired) electrons. The van der Waals surface area contributed by atoms with Crippen LogP contribution < -0.4 is 11.1 Å². The summed E-state index contributed by atoms with van der Waals surface area (Å²) >= 11 is 0. The molecule has 0 aromatic carbocycles. The molecule has 0 bridgehead atoms. The maximum atomic E-state index is 5.61. The zero-order chi connectivity index (χ0) is 8.10. The van der Waals surface area contributed by atoms with Crippen molar-refractivity contribution >= 4 is 0 Å². The second-order valence-corrected chi connectivity index (χ2v) is 3.08. The zero-order valence-corrected chi connectivity index (χ0v) is 7.18. The van der Waals surface area contributed by atoms with Crippen LogP contribution in [0.4, 0.5) is 0 Å². The number of nitrogens with one attached hydrogen (secondary N) is 1. The van der Waals surface area contributed by atoms with Gasteiger partial charge in [-0.3, -0.25) is 0 Å². The van der Waals surface area contributed by atoms with Gasteiger partial charge in [-0.05, 0) is 25.8 Å². The summed E-state index contributed by atoms with van der Waals surface area (Å²) in [7, 11) is 1.98. The predicted octanol–water partition coefficient (Wildman–Crippen LogP) is -0.0403. The summed E-state index contributed by atoms with van der Waals surface area (Å²) in [6, 6.07) is 0.485. The number of ether oxygens (including phenoxy) is 1. The number of rotatable bonds is 3. The first-order valence-electron chi connectivity index (χ1n) is 4.33. The summed E-state index contributed by atoms with van der Waals surface area (Å²) in [5, 5.41) is 3.24. The second kappa shape index (κ2) is 4.70. The van der Waals surface area contributed by atoms with Crippen LogP contribution in [0.1, 0.15) is 12.8 Å². The van der Waals surface area contributed by atoms with Gasteiger partial charge in [-0.15, -0.1) is 0 Å². The molecule has 1 unspecified atom stereocenters. The molecule has 1 fully saturated rings. The SMILES string of the molecule is CNC(CN)C1CCOCC1. The van der Waals surface area contributed by atoms with Crippen LogP contribution in [0.2, 0.25) is 0 Å². The summed E-state index contributed by atoms with van der Waals surface area (Å²) in [5.74, 6) is 0.721. The Kier molecular flexibility index (Phi) is 3.83. The zero-order valence-electron chi connectivity index (χ0n) is 7.18. The number of nitrogens with two attached hydrogens (primary N) is 1. The quantitative estimate of drug-likeness (QED) is 0.606. The Hall–Kier alpha value is -0.120. The third kappa shape index (κ3) is 2.43. The molecule has 0 aromatic heterocycles. The van der Waals surface area contributed by atoms with Crippen molar-refractivity contribution in [1.29, 1.82) is 0 Å². The summed E-state index contributed by atoms with van der Waals surface area (Å²) in [4.78, 5) is 0. The van der Waals surface area contributed by atoms with Gasteiger partial charge in [0.25, 0.3) is 0 Å². The molecule has 66 valence electrons. The van der Waals surface area contributed by atoms with Crippen molar-refractivity contribution < 1.29 is 4.74 Å². The van der Waals surface area contributed by atoms with Gasteiger partial charge in [-0.2, -0.15) is 0 Å². The molecule has 11 heavy (non-hydrogen) atoms. The highest BCUT2D eigenvalue weighted by molar-refractivity contribution is 4.77. The molecule has 0 aliphatic carbocycles. The van der Waals surface area contributed by atoms with Gasteiger partial charge in [0.15, 0.2) is 0 Å². The van der Waals surface area contributed by atoms with E-state index in [1.807, 2.05) is 7.05 Å². The maximum Gasteiger partial charge on any atom is 0.0469 e. The largest absolute Gasteiger partial charge is 0.381 e. The third-order valence-corrected chi connectivity index (χ3v) is 2.46. The van der Waals surface area contributed by atoms with Crippen molar-refractivity contribution in [2.45, 2.75) is 18.9 Å². The highest BCUT2D eigenvalue weighted by Crippen LogP contribution is 2.17. The van der Waals surface area contributed by atoms with Crippen LogP contribution in [0.3, 0.4) is 0 Å². The van der Waals surface area contributed by atoms with Gasteiger partial charge in [0.05, 0.1) is 0 Å². The third-order valence-electron chi connectivity index (χ3n) is 2.46. The Morgan fingerprint density at radius 1 is 1.55 bits per heavy atom. The van der Waals surface area contributed by atoms with Crippen molar-refractivity contribution in [2.24, 2.45) is 11.7 Å². The summed E-state index contributed by atoms with van der Waals surface area (Å²) in [6.45, 7) is 2.55. The van der Waals surface area contributed by atoms with E-state index in [2.05, 4.69) is 5.32 Å². The minimum absolute atomic E-state index is 0.485. The Bertz CT molecular complexity index is 98.3. The minimum Gasteiger partial charge on any atom is -0.381 e. The van der Waals surface area contributed by atoms with E-state index in [4.69, 9.17) is 10.5 Å². The molecule has 0 aromatic rings. The van der Waals surface area contributed by atoms with E-state index in [9.17, 15) is 0 Å². The average Bonchev–Trinajstić information content (AvgIpc) is 2.09. The lowest BCUT2D eigenvalue weighted by Gasteiger charge is -2.28. The van der Waals surface area contributed by atoms with Crippen LogP contribution in [0.5, 0.6) is 0 Å². The summed E-state index contributed by atoms with van der Waals surface area (Å²) in [5.41, 5.74) is 5.61. The van der Waals surface area contributed by atoms with E-state index >= 15 is 0 Å². The highest BCUT2D eigenvalue weighted by atomic mass is 16.5. The Balaban J connectivity index is 2.30. The van der Waals surface area contributed by atoms with Crippen LogP contribution in [0.25, 0.3) is 0 Å². The lowest BCUT2D eigenvalue weighted by molar-refractivity contribution is 0.0558. The Morgan fingerprint density at radius 3 is 2.64 bits per heavy atom. The molecule has 1 aliphatic heterocycles. The van der Waals surface area contributed by atoms with Gasteiger partial charge >= 0.3 is 0 Å². The smallest absolute Gasteiger partial charge is 0.0469 e. The normalized spacial score (nSPS) is 23.5. The van der Waals surface area contributed by atoms with Crippen molar-refractivity contribution in [3.63, 3.8) is 0 Å². The standard InChI is InChI=1S/C8H18N2O/c1-10-8(6-9)7-2-4-11-5-3-7/h7-8,10H,2-6,9H2,1H3. The molecule has 0 saturated carbocycles. The van der Waals surface area contributed by atoms with Gasteiger partial charge in [-0.25, -0.2) is 0 Å². The van der Waals surface area contributed by atoms with Gasteiger partial charge in [0, 0.05) is 25.8 Å². The fraction of sp³-hybridized carbons (Fsp3) is 1.00. The fourth-order valence-corrected chi connectivity index (χ4v) is 1.66. The first-order chi connectivity index (χ1) is 5.38. The molecular weight excluding hydrogens is 140 g/mol. The second-order valence-electron chi connectivity index (χ2n) is 3.08. The van der Waals surface area contributed by atoms with E-state index in [1.54, 1.807) is 0 Å². The molecule has 1 heterocycles. The van der Waals surface area contributed by atoms with Crippen molar-refractivity contribution in [2.75, 3.05) is 26.8 Å². The topological polar surface area (TPSA) is 47.3 Å². The van der Waals surface area contributed by atoms with Gasteiger partial charge in [0.1, 0.15) is 0 Å². The summed E-state index contributed by atoms with van der Waals surface area (Å²) < 4.78 is 5.27. The molecule has 1 atom stereocenters. The van der Waals surface area contributed by atoms with E-state index in [0.717, 1.165) is 38.5 Å². The van der Waals surface area contributed by atoms with Gasteiger partial charge in [-0.1, -0.05) is 0 Å². The van der Waals surface area contributed by atoms with Crippen LogP contribution in [0.15, 0.2) is 0 Å². The van der Waals surface area contributed by atoms with Crippen LogP contribution in [0, 0.1) is 5.92 Å². The van der Waals surface area contributed by atoms with Crippen LogP contribution in [-0.4, -0.2) is 32.8 Å². The molecular formula is C8H18N2O. The van der Waals surface area contributed by atoms with Crippen LogP contribution >= 0.6 is 0 Å². The maximum absolute atomic E-state index is 5.61. The minimum atomic E-state index is 0.485. The average molecular weight is 158 g/mol. The van der Waals surface area contributed by atoms with Crippen molar-refractivity contribution in [3.8, 4) is 0 Å². The lowest BCUT2D eigenvalue weighted by atomic mass is 9.92. The molecule has 3 N–H and O–H groups in total. The molecule has 1 rings (SSSR count). The molecule has 0 spiro atoms. The van der Waals surface area contributed by atoms with Gasteiger partial charge < -0.3 is 15.8 Å². The number of likely N-dealkylation sites (N-methyl/N-ethyl adjacent to an activating group) is 1. The molecule has 3 heteroatoms. The predicted molar refractivity (Wildman–Crippen MR) is 45.4 cm³/mol. The lowest BCUT2D eigenvalue weighted by Crippen LogP contribution is -2.42. The summed E-state index contributed by atoms with van der Waals surface area (Å²) in [6.07, 6.45) is 2.31. The molecule has 1 saturated heterocycles. The first-order valence-corrected chi connectivity index (χ1v) is 4.33. The molecule has 3 nitrogen and oxygen atoms in total. The van der Waals surface area contributed by atoms with E-state index in [-0.39, 0.29) is 0 Å². The van der Waals surface area contributed by atoms with Crippen LogP contribution in [-0.2, 0) is 4.74 Å². The van der Waals surface area contributed by atoms with Crippen molar-refractivity contribution in [1.82, 2.24) is 5.32 Å². The highest BCUT2D eigenvalue weighted by Gasteiger charge is 2.20. The Labute approximate surface area is 68.3 Å². The molecule has 0 amide bonds. The van der Waals surface area contributed by atoms with E-state index < -0.39 is 0 Å². The monoisotopic (exact) mass is 158 g/mol. The Morgan fingerprint density at radius 2 is 2.18 bits per heavy atom.